The number of urea groups is 1. The molecule has 0 spiro atoms. The van der Waals surface area contributed by atoms with E-state index in [0.29, 0.717) is 23.1 Å². The van der Waals surface area contributed by atoms with Crippen LogP contribution in [0, 0.1) is 12.8 Å². The van der Waals surface area contributed by atoms with E-state index in [1.807, 2.05) is 12.1 Å². The number of methoxy groups -OCH3 is 2. The van der Waals surface area contributed by atoms with Crippen molar-refractivity contribution in [3.8, 4) is 11.5 Å². The maximum Gasteiger partial charge on any atom is 0.327 e. The molecule has 0 bridgehead atoms. The second-order valence-corrected chi connectivity index (χ2v) is 9.37. The summed E-state index contributed by atoms with van der Waals surface area (Å²) in [7, 11) is 6.21. The summed E-state index contributed by atoms with van der Waals surface area (Å²) in [5, 5.41) is 12.8. The van der Waals surface area contributed by atoms with Crippen molar-refractivity contribution in [2.45, 2.75) is 24.6 Å². The highest BCUT2D eigenvalue weighted by atomic mass is 32.2. The Morgan fingerprint density at radius 3 is 2.57 bits per heavy atom. The molecule has 4 unspecified atom stereocenters. The van der Waals surface area contributed by atoms with E-state index in [1.165, 1.54) is 23.7 Å². The highest BCUT2D eigenvalue weighted by molar-refractivity contribution is 8.00. The van der Waals surface area contributed by atoms with Gasteiger partial charge in [-0.3, -0.25) is 25.1 Å². The standard InChI is InChI=1S/C22H28N6O6S/c1-11-8-15(26-34-11)23-16(29)10-35-20-17-19(27(2)22(31)28(3)21(17)30)24-18(25-20)12-6-7-13(32-4)14(9-12)33-5/h6-9,17-20,24-25H,10H2,1-5H3,(H,23,26,29). The smallest absolute Gasteiger partial charge is 0.327 e. The van der Waals surface area contributed by atoms with E-state index in [-0.39, 0.29) is 17.6 Å². The van der Waals surface area contributed by atoms with Crippen molar-refractivity contribution in [1.29, 1.82) is 0 Å². The van der Waals surface area contributed by atoms with Crippen molar-refractivity contribution < 1.29 is 28.4 Å². The molecule has 4 rings (SSSR count). The number of amides is 4. The molecule has 0 aliphatic carbocycles. The molecule has 12 nitrogen and oxygen atoms in total. The number of aryl methyl sites for hydroxylation is 1. The monoisotopic (exact) mass is 504 g/mol. The summed E-state index contributed by atoms with van der Waals surface area (Å²) in [4.78, 5) is 40.9. The van der Waals surface area contributed by atoms with Gasteiger partial charge in [-0.25, -0.2) is 4.79 Å². The molecule has 4 amide bonds. The lowest BCUT2D eigenvalue weighted by Crippen LogP contribution is -2.72. The van der Waals surface area contributed by atoms with Gasteiger partial charge in [0.1, 0.15) is 5.76 Å². The Bertz CT molecular complexity index is 1130. The fourth-order valence-electron chi connectivity index (χ4n) is 4.19. The summed E-state index contributed by atoms with van der Waals surface area (Å²) in [6.07, 6.45) is -1.01. The normalized spacial score (nSPS) is 24.3. The molecule has 2 saturated heterocycles. The van der Waals surface area contributed by atoms with E-state index in [0.717, 1.165) is 10.5 Å². The Morgan fingerprint density at radius 1 is 1.17 bits per heavy atom. The maximum absolute atomic E-state index is 13.1. The molecule has 13 heteroatoms. The number of nitrogens with one attached hydrogen (secondary N) is 3. The van der Waals surface area contributed by atoms with Gasteiger partial charge in [0.2, 0.25) is 11.8 Å². The summed E-state index contributed by atoms with van der Waals surface area (Å²) in [6, 6.07) is 6.69. The van der Waals surface area contributed by atoms with Crippen molar-refractivity contribution in [3.63, 3.8) is 0 Å². The molecule has 3 N–H and O–H groups in total. The molecule has 3 heterocycles. The Balaban J connectivity index is 1.57. The second-order valence-electron chi connectivity index (χ2n) is 8.24. The lowest BCUT2D eigenvalue weighted by molar-refractivity contribution is -0.140. The molecular formula is C22H28N6O6S. The number of aromatic nitrogens is 1. The van der Waals surface area contributed by atoms with E-state index in [2.05, 4.69) is 21.1 Å². The predicted molar refractivity (Wildman–Crippen MR) is 128 cm³/mol. The van der Waals surface area contributed by atoms with Gasteiger partial charge in [-0.15, -0.1) is 11.8 Å². The Morgan fingerprint density at radius 2 is 1.91 bits per heavy atom. The summed E-state index contributed by atoms with van der Waals surface area (Å²) >= 11 is 1.28. The quantitative estimate of drug-likeness (QED) is 0.507. The number of benzene rings is 1. The fourth-order valence-corrected chi connectivity index (χ4v) is 5.30. The van der Waals surface area contributed by atoms with Gasteiger partial charge in [-0.2, -0.15) is 0 Å². The highest BCUT2D eigenvalue weighted by Crippen LogP contribution is 2.36. The van der Waals surface area contributed by atoms with E-state index in [4.69, 9.17) is 14.0 Å². The summed E-state index contributed by atoms with van der Waals surface area (Å²) in [5.74, 6) is 0.857. The molecule has 0 radical (unpaired) electrons. The number of fused-ring (bicyclic) bond motifs is 1. The van der Waals surface area contributed by atoms with E-state index >= 15 is 0 Å². The van der Waals surface area contributed by atoms with Crippen molar-refractivity contribution in [2.24, 2.45) is 5.92 Å². The molecule has 2 aromatic rings. The summed E-state index contributed by atoms with van der Waals surface area (Å²) in [5.41, 5.74) is 0.821. The van der Waals surface area contributed by atoms with E-state index in [9.17, 15) is 14.4 Å². The van der Waals surface area contributed by atoms with Crippen LogP contribution < -0.4 is 25.4 Å². The number of ether oxygens (including phenoxy) is 2. The molecule has 2 fully saturated rings. The number of rotatable bonds is 7. The predicted octanol–water partition coefficient (Wildman–Crippen LogP) is 1.36. The van der Waals surface area contributed by atoms with Gasteiger partial charge in [0.05, 0.1) is 43.6 Å². The second kappa shape index (κ2) is 10.1. The van der Waals surface area contributed by atoms with Crippen molar-refractivity contribution in [2.75, 3.05) is 39.4 Å². The van der Waals surface area contributed by atoms with Crippen molar-refractivity contribution in [3.05, 3.63) is 35.6 Å². The molecule has 2 aliphatic rings. The van der Waals surface area contributed by atoms with Crippen molar-refractivity contribution in [1.82, 2.24) is 25.6 Å². The van der Waals surface area contributed by atoms with Gasteiger partial charge in [0, 0.05) is 20.2 Å². The van der Waals surface area contributed by atoms with Crippen LogP contribution in [0.4, 0.5) is 10.6 Å². The van der Waals surface area contributed by atoms with Crippen molar-refractivity contribution >= 4 is 35.4 Å². The van der Waals surface area contributed by atoms with Crippen LogP contribution in [0.3, 0.4) is 0 Å². The summed E-state index contributed by atoms with van der Waals surface area (Å²) in [6.45, 7) is 1.73. The summed E-state index contributed by atoms with van der Waals surface area (Å²) < 4.78 is 15.7. The number of carbonyl (C=O) groups excluding carboxylic acids is 3. The molecule has 1 aromatic heterocycles. The topological polar surface area (TPSA) is 138 Å². The van der Waals surface area contributed by atoms with E-state index < -0.39 is 29.7 Å². The highest BCUT2D eigenvalue weighted by Gasteiger charge is 2.51. The minimum absolute atomic E-state index is 0.0557. The largest absolute Gasteiger partial charge is 0.493 e. The average molecular weight is 505 g/mol. The van der Waals surface area contributed by atoms with Gasteiger partial charge in [-0.1, -0.05) is 11.2 Å². The number of hydrogen-bond donors (Lipinski definition) is 3. The molecule has 0 saturated carbocycles. The number of anilines is 1. The molecule has 1 aromatic carbocycles. The van der Waals surface area contributed by atoms with Gasteiger partial charge < -0.3 is 24.2 Å². The zero-order valence-electron chi connectivity index (χ0n) is 20.0. The number of imide groups is 1. The lowest BCUT2D eigenvalue weighted by Gasteiger charge is -2.50. The van der Waals surface area contributed by atoms with Crippen LogP contribution in [0.1, 0.15) is 17.5 Å². The zero-order chi connectivity index (χ0) is 25.3. The van der Waals surface area contributed by atoms with Gasteiger partial charge in [-0.05, 0) is 24.6 Å². The first-order valence-electron chi connectivity index (χ1n) is 10.9. The lowest BCUT2D eigenvalue weighted by atomic mass is 9.96. The molecule has 2 aliphatic heterocycles. The molecule has 4 atom stereocenters. The number of hydrogen-bond acceptors (Lipinski definition) is 10. The Labute approximate surface area is 206 Å². The van der Waals surface area contributed by atoms with Gasteiger partial charge in [0.15, 0.2) is 17.3 Å². The number of thioether (sulfide) groups is 1. The van der Waals surface area contributed by atoms with Gasteiger partial charge in [0.25, 0.3) is 0 Å². The number of nitrogens with zero attached hydrogens (tertiary/aromatic N) is 3. The van der Waals surface area contributed by atoms with Crippen LogP contribution in [-0.2, 0) is 9.59 Å². The van der Waals surface area contributed by atoms with Crippen LogP contribution in [0.5, 0.6) is 11.5 Å². The molecule has 188 valence electrons. The third-order valence-corrected chi connectivity index (χ3v) is 7.20. The average Bonchev–Trinajstić information content (AvgIpc) is 3.27. The number of carbonyl (C=O) groups is 3. The maximum atomic E-state index is 13.1. The first kappa shape index (κ1) is 24.8. The fraction of sp³-hybridized carbons (Fsp3) is 0.455. The van der Waals surface area contributed by atoms with Crippen LogP contribution in [-0.4, -0.2) is 78.4 Å². The van der Waals surface area contributed by atoms with Crippen LogP contribution in [0.15, 0.2) is 28.8 Å². The van der Waals surface area contributed by atoms with Crippen LogP contribution in [0.2, 0.25) is 0 Å². The third-order valence-electron chi connectivity index (χ3n) is 5.99. The zero-order valence-corrected chi connectivity index (χ0v) is 20.8. The Kier molecular flexibility index (Phi) is 7.19. The third kappa shape index (κ3) is 4.92. The van der Waals surface area contributed by atoms with E-state index in [1.54, 1.807) is 40.3 Å². The minimum Gasteiger partial charge on any atom is -0.493 e. The Hall–Kier alpha value is -3.29. The van der Waals surface area contributed by atoms with Crippen LogP contribution in [0.25, 0.3) is 0 Å². The molecular weight excluding hydrogens is 476 g/mol. The first-order valence-corrected chi connectivity index (χ1v) is 11.9. The van der Waals surface area contributed by atoms with Crippen LogP contribution >= 0.6 is 11.8 Å². The minimum atomic E-state index is -0.619. The van der Waals surface area contributed by atoms with Gasteiger partial charge >= 0.3 is 6.03 Å². The first-order chi connectivity index (χ1) is 16.7. The SMILES string of the molecule is COc1ccc(C2NC(SCC(=O)Nc3cc(C)on3)C3C(=O)N(C)C(=O)N(C)C3N2)cc1OC. The molecule has 35 heavy (non-hydrogen) atoms.